The lowest BCUT2D eigenvalue weighted by Gasteiger charge is -2.14. The zero-order chi connectivity index (χ0) is 15.9. The van der Waals surface area contributed by atoms with Crippen LogP contribution in [0.15, 0.2) is 30.3 Å². The van der Waals surface area contributed by atoms with Crippen LogP contribution in [0.5, 0.6) is 11.5 Å². The maximum absolute atomic E-state index is 6.04. The molecule has 0 heterocycles. The van der Waals surface area contributed by atoms with Gasteiger partial charge in [0.1, 0.15) is 11.5 Å². The highest BCUT2D eigenvalue weighted by molar-refractivity contribution is 9.09. The molecule has 0 saturated carbocycles. The highest BCUT2D eigenvalue weighted by Gasteiger charge is 2.10. The van der Waals surface area contributed by atoms with Crippen molar-refractivity contribution in [3.05, 3.63) is 35.9 Å². The fraction of sp³-hybridized carbons (Fsp3) is 0.474. The van der Waals surface area contributed by atoms with Crippen molar-refractivity contribution in [3.8, 4) is 11.5 Å². The molecular formula is C19H25BrO2. The van der Waals surface area contributed by atoms with Gasteiger partial charge in [-0.2, -0.15) is 0 Å². The van der Waals surface area contributed by atoms with E-state index in [1.165, 1.54) is 19.3 Å². The predicted octanol–water partition coefficient (Wildman–Crippen LogP) is 5.88. The molecule has 0 amide bonds. The molecule has 0 bridgehead atoms. The Balaban J connectivity index is 2.05. The van der Waals surface area contributed by atoms with E-state index in [0.717, 1.165) is 40.9 Å². The average Bonchev–Trinajstić information content (AvgIpc) is 2.54. The number of aryl methyl sites for hydroxylation is 1. The van der Waals surface area contributed by atoms with Crippen molar-refractivity contribution in [1.82, 2.24) is 0 Å². The van der Waals surface area contributed by atoms with Gasteiger partial charge in [0.15, 0.2) is 0 Å². The van der Waals surface area contributed by atoms with Gasteiger partial charge >= 0.3 is 0 Å². The van der Waals surface area contributed by atoms with Crippen LogP contribution in [-0.2, 0) is 0 Å². The number of hydrogen-bond acceptors (Lipinski definition) is 2. The molecule has 1 atom stereocenters. The minimum atomic E-state index is 0.636. The number of rotatable bonds is 8. The maximum atomic E-state index is 6.04. The van der Waals surface area contributed by atoms with Crippen LogP contribution in [0.2, 0.25) is 0 Å². The van der Waals surface area contributed by atoms with Gasteiger partial charge in [-0.3, -0.25) is 0 Å². The van der Waals surface area contributed by atoms with E-state index in [1.807, 2.05) is 12.1 Å². The first-order valence-corrected chi connectivity index (χ1v) is 8.92. The van der Waals surface area contributed by atoms with Gasteiger partial charge in [0.05, 0.1) is 13.7 Å². The molecule has 0 aliphatic heterocycles. The first-order valence-electron chi connectivity index (χ1n) is 8.00. The Morgan fingerprint density at radius 3 is 2.55 bits per heavy atom. The van der Waals surface area contributed by atoms with Crippen LogP contribution in [0.4, 0.5) is 0 Å². The molecule has 0 fully saturated rings. The third kappa shape index (κ3) is 4.16. The summed E-state index contributed by atoms with van der Waals surface area (Å²) in [5.41, 5.74) is 1.11. The Hall–Kier alpha value is -1.22. The molecule has 0 aliphatic carbocycles. The molecule has 2 aromatic rings. The summed E-state index contributed by atoms with van der Waals surface area (Å²) in [6.45, 7) is 5.04. The third-order valence-corrected chi connectivity index (χ3v) is 5.06. The first kappa shape index (κ1) is 17.1. The zero-order valence-electron chi connectivity index (χ0n) is 13.7. The van der Waals surface area contributed by atoms with Crippen molar-refractivity contribution in [2.24, 2.45) is 0 Å². The molecule has 0 aromatic heterocycles. The van der Waals surface area contributed by atoms with Crippen LogP contribution in [0, 0.1) is 6.92 Å². The molecule has 0 aliphatic rings. The lowest BCUT2D eigenvalue weighted by Crippen LogP contribution is -2.01. The SMILES string of the molecule is CCC(Br)CCCCOc1cc(C)c(OC)c2ccccc12. The number of hydrogen-bond donors (Lipinski definition) is 0. The highest BCUT2D eigenvalue weighted by Crippen LogP contribution is 2.36. The second-order valence-corrected chi connectivity index (χ2v) is 6.92. The van der Waals surface area contributed by atoms with Crippen LogP contribution < -0.4 is 9.47 Å². The molecule has 3 heteroatoms. The Labute approximate surface area is 141 Å². The number of ether oxygens (including phenoxy) is 2. The van der Waals surface area contributed by atoms with E-state index in [2.05, 4.69) is 48.0 Å². The zero-order valence-corrected chi connectivity index (χ0v) is 15.3. The number of methoxy groups -OCH3 is 1. The van der Waals surface area contributed by atoms with E-state index >= 15 is 0 Å². The summed E-state index contributed by atoms with van der Waals surface area (Å²) in [6.07, 6.45) is 4.67. The largest absolute Gasteiger partial charge is 0.496 e. The average molecular weight is 365 g/mol. The number of fused-ring (bicyclic) bond motifs is 1. The van der Waals surface area contributed by atoms with Gasteiger partial charge in [-0.05, 0) is 44.2 Å². The monoisotopic (exact) mass is 364 g/mol. The van der Waals surface area contributed by atoms with E-state index in [9.17, 15) is 0 Å². The van der Waals surface area contributed by atoms with Gasteiger partial charge in [0, 0.05) is 15.6 Å². The van der Waals surface area contributed by atoms with E-state index in [-0.39, 0.29) is 0 Å². The van der Waals surface area contributed by atoms with Crippen molar-refractivity contribution in [3.63, 3.8) is 0 Å². The van der Waals surface area contributed by atoms with Crippen molar-refractivity contribution < 1.29 is 9.47 Å². The maximum Gasteiger partial charge on any atom is 0.129 e. The summed E-state index contributed by atoms with van der Waals surface area (Å²) in [4.78, 5) is 0.636. The quantitative estimate of drug-likeness (QED) is 0.430. The van der Waals surface area contributed by atoms with Crippen molar-refractivity contribution in [2.75, 3.05) is 13.7 Å². The number of unbranched alkanes of at least 4 members (excludes halogenated alkanes) is 1. The lowest BCUT2D eigenvalue weighted by atomic mass is 10.0. The fourth-order valence-electron chi connectivity index (χ4n) is 2.69. The summed E-state index contributed by atoms with van der Waals surface area (Å²) in [6, 6.07) is 10.3. The molecule has 0 radical (unpaired) electrons. The van der Waals surface area contributed by atoms with Gasteiger partial charge in [-0.15, -0.1) is 0 Å². The van der Waals surface area contributed by atoms with Crippen LogP contribution in [0.3, 0.4) is 0 Å². The number of benzene rings is 2. The van der Waals surface area contributed by atoms with E-state index < -0.39 is 0 Å². The molecule has 22 heavy (non-hydrogen) atoms. The molecular weight excluding hydrogens is 340 g/mol. The molecule has 0 saturated heterocycles. The van der Waals surface area contributed by atoms with Gasteiger partial charge in [0.25, 0.3) is 0 Å². The smallest absolute Gasteiger partial charge is 0.129 e. The Bertz CT molecular complexity index is 610. The van der Waals surface area contributed by atoms with Crippen molar-refractivity contribution in [2.45, 2.75) is 44.4 Å². The third-order valence-electron chi connectivity index (χ3n) is 3.96. The molecule has 0 spiro atoms. The van der Waals surface area contributed by atoms with Crippen LogP contribution in [-0.4, -0.2) is 18.5 Å². The molecule has 2 aromatic carbocycles. The second kappa shape index (κ2) is 8.42. The molecule has 2 rings (SSSR count). The van der Waals surface area contributed by atoms with E-state index in [4.69, 9.17) is 9.47 Å². The summed E-state index contributed by atoms with van der Waals surface area (Å²) >= 11 is 3.68. The highest BCUT2D eigenvalue weighted by atomic mass is 79.9. The second-order valence-electron chi connectivity index (χ2n) is 5.62. The van der Waals surface area contributed by atoms with Gasteiger partial charge in [-0.25, -0.2) is 0 Å². The molecule has 2 nitrogen and oxygen atoms in total. The Kier molecular flexibility index (Phi) is 6.56. The molecule has 0 N–H and O–H groups in total. The standard InChI is InChI=1S/C19H25BrO2/c1-4-15(20)9-7-8-12-22-18-13-14(2)19(21-3)17-11-6-5-10-16(17)18/h5-6,10-11,13,15H,4,7-9,12H2,1-3H3. The van der Waals surface area contributed by atoms with Gasteiger partial charge < -0.3 is 9.47 Å². The summed E-state index contributed by atoms with van der Waals surface area (Å²) in [5, 5.41) is 2.24. The normalized spacial score (nSPS) is 12.4. The summed E-state index contributed by atoms with van der Waals surface area (Å²) in [5.74, 6) is 1.90. The van der Waals surface area contributed by atoms with Crippen molar-refractivity contribution >= 4 is 26.7 Å². The number of halogens is 1. The Morgan fingerprint density at radius 2 is 1.86 bits per heavy atom. The van der Waals surface area contributed by atoms with Gasteiger partial charge in [-0.1, -0.05) is 47.1 Å². The summed E-state index contributed by atoms with van der Waals surface area (Å²) < 4.78 is 11.6. The van der Waals surface area contributed by atoms with Gasteiger partial charge in [0.2, 0.25) is 0 Å². The van der Waals surface area contributed by atoms with Crippen LogP contribution in [0.25, 0.3) is 10.8 Å². The Morgan fingerprint density at radius 1 is 1.14 bits per heavy atom. The van der Waals surface area contributed by atoms with E-state index in [1.54, 1.807) is 7.11 Å². The number of alkyl halides is 1. The minimum absolute atomic E-state index is 0.636. The van der Waals surface area contributed by atoms with Crippen molar-refractivity contribution in [1.29, 1.82) is 0 Å². The van der Waals surface area contributed by atoms with E-state index in [0.29, 0.717) is 4.83 Å². The predicted molar refractivity (Wildman–Crippen MR) is 97.6 cm³/mol. The lowest BCUT2D eigenvalue weighted by molar-refractivity contribution is 0.308. The topological polar surface area (TPSA) is 18.5 Å². The molecule has 1 unspecified atom stereocenters. The summed E-state index contributed by atoms with van der Waals surface area (Å²) in [7, 11) is 1.72. The minimum Gasteiger partial charge on any atom is -0.496 e. The first-order chi connectivity index (χ1) is 10.7. The van der Waals surface area contributed by atoms with Crippen LogP contribution >= 0.6 is 15.9 Å². The molecule has 120 valence electrons. The fourth-order valence-corrected chi connectivity index (χ4v) is 3.02. The van der Waals surface area contributed by atoms with Crippen LogP contribution in [0.1, 0.15) is 38.2 Å².